The number of thioether (sulfide) groups is 1. The van der Waals surface area contributed by atoms with Gasteiger partial charge >= 0.3 is 5.97 Å². The molecule has 4 heteroatoms. The largest absolute Gasteiger partial charge is 0.478 e. The smallest absolute Gasteiger partial charge is 0.336 e. The lowest BCUT2D eigenvalue weighted by molar-refractivity contribution is 0.0695. The Balaban J connectivity index is 2.80. The van der Waals surface area contributed by atoms with Crippen molar-refractivity contribution in [3.05, 3.63) is 35.1 Å². The fraction of sp³-hybridized carbons (Fsp3) is 0.462. The van der Waals surface area contributed by atoms with Gasteiger partial charge in [-0.25, -0.2) is 9.18 Å². The Kier molecular flexibility index (Phi) is 5.00. The van der Waals surface area contributed by atoms with Gasteiger partial charge < -0.3 is 5.11 Å². The number of carboxylic acid groups (broad SMARTS) is 1. The molecular weight excluding hydrogens is 239 g/mol. The van der Waals surface area contributed by atoms with Crippen molar-refractivity contribution in [2.24, 2.45) is 5.92 Å². The van der Waals surface area contributed by atoms with Crippen LogP contribution in [0.15, 0.2) is 18.2 Å². The number of halogens is 1. The van der Waals surface area contributed by atoms with Gasteiger partial charge in [-0.2, -0.15) is 11.8 Å². The van der Waals surface area contributed by atoms with Crippen LogP contribution < -0.4 is 0 Å². The summed E-state index contributed by atoms with van der Waals surface area (Å²) in [4.78, 5) is 11.0. The molecule has 0 amide bonds. The topological polar surface area (TPSA) is 37.3 Å². The van der Waals surface area contributed by atoms with E-state index in [1.54, 1.807) is 17.8 Å². The van der Waals surface area contributed by atoms with E-state index in [2.05, 4.69) is 20.8 Å². The van der Waals surface area contributed by atoms with Gasteiger partial charge in [-0.05, 0) is 23.6 Å². The third-order valence-corrected chi connectivity index (χ3v) is 4.29. The average Bonchev–Trinajstić information content (AvgIpc) is 2.26. The summed E-state index contributed by atoms with van der Waals surface area (Å²) in [5.74, 6) is -0.444. The minimum atomic E-state index is -1.07. The highest BCUT2D eigenvalue weighted by Gasteiger charge is 2.13. The van der Waals surface area contributed by atoms with E-state index in [9.17, 15) is 9.18 Å². The first kappa shape index (κ1) is 14.0. The summed E-state index contributed by atoms with van der Waals surface area (Å²) in [5.41, 5.74) is 0.741. The standard InChI is InChI=1S/C13H17FO2S/c1-8(2)9(3)17-7-10-4-5-11(14)6-12(10)13(15)16/h4-6,8-9H,7H2,1-3H3,(H,15,16). The third kappa shape index (κ3) is 4.04. The van der Waals surface area contributed by atoms with Crippen LogP contribution in [-0.4, -0.2) is 16.3 Å². The van der Waals surface area contributed by atoms with Gasteiger partial charge in [0.2, 0.25) is 0 Å². The van der Waals surface area contributed by atoms with Crippen LogP contribution in [-0.2, 0) is 5.75 Å². The van der Waals surface area contributed by atoms with Crippen molar-refractivity contribution in [3.8, 4) is 0 Å². The molecule has 2 nitrogen and oxygen atoms in total. The SMILES string of the molecule is CC(C)C(C)SCc1ccc(F)cc1C(=O)O. The Morgan fingerprint density at radius 2 is 2.06 bits per heavy atom. The molecule has 94 valence electrons. The molecular formula is C13H17FO2S. The van der Waals surface area contributed by atoms with Crippen LogP contribution in [0, 0.1) is 11.7 Å². The van der Waals surface area contributed by atoms with Gasteiger partial charge in [-0.15, -0.1) is 0 Å². The van der Waals surface area contributed by atoms with Crippen LogP contribution in [0.5, 0.6) is 0 Å². The maximum atomic E-state index is 13.0. The van der Waals surface area contributed by atoms with E-state index in [1.165, 1.54) is 6.07 Å². The normalized spacial score (nSPS) is 12.8. The highest BCUT2D eigenvalue weighted by Crippen LogP contribution is 2.25. The van der Waals surface area contributed by atoms with E-state index >= 15 is 0 Å². The second kappa shape index (κ2) is 6.05. The molecule has 17 heavy (non-hydrogen) atoms. The number of hydrogen-bond donors (Lipinski definition) is 1. The highest BCUT2D eigenvalue weighted by molar-refractivity contribution is 7.99. The molecule has 1 aromatic carbocycles. The van der Waals surface area contributed by atoms with Gasteiger partial charge in [0.25, 0.3) is 0 Å². The van der Waals surface area contributed by atoms with Crippen LogP contribution in [0.4, 0.5) is 4.39 Å². The molecule has 1 aromatic rings. The monoisotopic (exact) mass is 256 g/mol. The predicted molar refractivity (Wildman–Crippen MR) is 69.0 cm³/mol. The number of benzene rings is 1. The first-order valence-electron chi connectivity index (χ1n) is 5.55. The number of carboxylic acids is 1. The Labute approximate surface area is 105 Å². The summed E-state index contributed by atoms with van der Waals surface area (Å²) < 4.78 is 13.0. The van der Waals surface area contributed by atoms with Gasteiger partial charge in [0.15, 0.2) is 0 Å². The van der Waals surface area contributed by atoms with Crippen LogP contribution in [0.2, 0.25) is 0 Å². The van der Waals surface area contributed by atoms with E-state index in [4.69, 9.17) is 5.11 Å². The molecule has 0 aliphatic carbocycles. The van der Waals surface area contributed by atoms with Crippen LogP contribution in [0.25, 0.3) is 0 Å². The minimum absolute atomic E-state index is 0.0634. The molecule has 1 rings (SSSR count). The van der Waals surface area contributed by atoms with Crippen molar-refractivity contribution in [1.29, 1.82) is 0 Å². The molecule has 0 bridgehead atoms. The number of aromatic carboxylic acids is 1. The summed E-state index contributed by atoms with van der Waals surface area (Å²) in [6, 6.07) is 3.94. The van der Waals surface area contributed by atoms with Crippen molar-refractivity contribution in [1.82, 2.24) is 0 Å². The summed E-state index contributed by atoms with van der Waals surface area (Å²) in [7, 11) is 0. The fourth-order valence-corrected chi connectivity index (χ4v) is 2.37. The van der Waals surface area contributed by atoms with Crippen LogP contribution in [0.3, 0.4) is 0 Å². The lowest BCUT2D eigenvalue weighted by Gasteiger charge is -2.15. The van der Waals surface area contributed by atoms with Crippen molar-refractivity contribution >= 4 is 17.7 Å². The molecule has 0 aliphatic heterocycles. The van der Waals surface area contributed by atoms with Crippen molar-refractivity contribution < 1.29 is 14.3 Å². The molecule has 1 atom stereocenters. The summed E-state index contributed by atoms with van der Waals surface area (Å²) >= 11 is 1.69. The molecule has 0 aromatic heterocycles. The predicted octanol–water partition coefficient (Wildman–Crippen LogP) is 3.80. The Hall–Kier alpha value is -1.03. The molecule has 1 N–H and O–H groups in total. The number of hydrogen-bond acceptors (Lipinski definition) is 2. The lowest BCUT2D eigenvalue weighted by Crippen LogP contribution is -2.08. The van der Waals surface area contributed by atoms with Gasteiger partial charge in [0, 0.05) is 11.0 Å². The molecule has 0 fully saturated rings. The van der Waals surface area contributed by atoms with E-state index in [1.807, 2.05) is 0 Å². The average molecular weight is 256 g/mol. The Morgan fingerprint density at radius 3 is 2.59 bits per heavy atom. The molecule has 0 aliphatic rings. The van der Waals surface area contributed by atoms with E-state index in [0.29, 0.717) is 22.5 Å². The molecule has 0 radical (unpaired) electrons. The zero-order chi connectivity index (χ0) is 13.0. The van der Waals surface area contributed by atoms with Gasteiger partial charge in [0.05, 0.1) is 5.56 Å². The zero-order valence-electron chi connectivity index (χ0n) is 10.2. The molecule has 1 unspecified atom stereocenters. The van der Waals surface area contributed by atoms with E-state index in [0.717, 1.165) is 6.07 Å². The minimum Gasteiger partial charge on any atom is -0.478 e. The fourth-order valence-electron chi connectivity index (χ4n) is 1.29. The summed E-state index contributed by atoms with van der Waals surface area (Å²) in [6.07, 6.45) is 0. The third-order valence-electron chi connectivity index (χ3n) is 2.74. The lowest BCUT2D eigenvalue weighted by atomic mass is 10.1. The number of carbonyl (C=O) groups is 1. The first-order valence-corrected chi connectivity index (χ1v) is 6.60. The van der Waals surface area contributed by atoms with Crippen molar-refractivity contribution in [2.75, 3.05) is 0 Å². The van der Waals surface area contributed by atoms with E-state index < -0.39 is 11.8 Å². The van der Waals surface area contributed by atoms with Gasteiger partial charge in [-0.3, -0.25) is 0 Å². The quantitative estimate of drug-likeness (QED) is 0.870. The van der Waals surface area contributed by atoms with Crippen molar-refractivity contribution in [2.45, 2.75) is 31.8 Å². The van der Waals surface area contributed by atoms with E-state index in [-0.39, 0.29) is 5.56 Å². The van der Waals surface area contributed by atoms with Crippen LogP contribution >= 0.6 is 11.8 Å². The van der Waals surface area contributed by atoms with Gasteiger partial charge in [-0.1, -0.05) is 26.8 Å². The van der Waals surface area contributed by atoms with Gasteiger partial charge in [0.1, 0.15) is 5.82 Å². The molecule has 0 spiro atoms. The number of rotatable bonds is 5. The Bertz CT molecular complexity index is 404. The zero-order valence-corrected chi connectivity index (χ0v) is 11.1. The molecule has 0 saturated carbocycles. The van der Waals surface area contributed by atoms with Crippen molar-refractivity contribution in [3.63, 3.8) is 0 Å². The first-order chi connectivity index (χ1) is 7.91. The maximum Gasteiger partial charge on any atom is 0.336 e. The Morgan fingerprint density at radius 1 is 1.41 bits per heavy atom. The molecule has 0 saturated heterocycles. The maximum absolute atomic E-state index is 13.0. The second-order valence-corrected chi connectivity index (χ2v) is 5.73. The molecule has 0 heterocycles. The second-order valence-electron chi connectivity index (χ2n) is 4.37. The van der Waals surface area contributed by atoms with Crippen LogP contribution in [0.1, 0.15) is 36.7 Å². The summed E-state index contributed by atoms with van der Waals surface area (Å²) in [5, 5.41) is 9.43. The summed E-state index contributed by atoms with van der Waals surface area (Å²) in [6.45, 7) is 6.36. The highest BCUT2D eigenvalue weighted by atomic mass is 32.2.